The molecule has 1 aliphatic carbocycles. The van der Waals surface area contributed by atoms with Crippen LogP contribution in [0.15, 0.2) is 54.6 Å². The van der Waals surface area contributed by atoms with Crippen molar-refractivity contribution in [2.24, 2.45) is 0 Å². The summed E-state index contributed by atoms with van der Waals surface area (Å²) in [5.74, 6) is 0. The third kappa shape index (κ3) is 2.25. The number of hydrogen-bond donors (Lipinski definition) is 1. The molecular formula is C16H17N. The third-order valence-corrected chi connectivity index (χ3v) is 3.47. The molecule has 1 heteroatoms. The van der Waals surface area contributed by atoms with Gasteiger partial charge in [0.1, 0.15) is 0 Å². The minimum atomic E-state index is 0.633. The van der Waals surface area contributed by atoms with E-state index in [1.165, 1.54) is 29.2 Å². The molecule has 0 fully saturated rings. The summed E-state index contributed by atoms with van der Waals surface area (Å²) >= 11 is 0. The molecule has 2 aromatic rings. The fraction of sp³-hybridized carbons (Fsp3) is 0.250. The first kappa shape index (κ1) is 10.5. The average molecular weight is 223 g/mol. The number of rotatable bonds is 3. The van der Waals surface area contributed by atoms with E-state index in [1.807, 2.05) is 0 Å². The highest BCUT2D eigenvalue weighted by Gasteiger charge is 2.09. The number of nitrogens with one attached hydrogen (secondary N) is 1. The Morgan fingerprint density at radius 2 is 1.71 bits per heavy atom. The van der Waals surface area contributed by atoms with Crippen molar-refractivity contribution < 1.29 is 0 Å². The molecule has 1 nitrogen and oxygen atoms in total. The molecule has 0 atom stereocenters. The van der Waals surface area contributed by atoms with Crippen LogP contribution in [0.4, 0.5) is 0 Å². The molecule has 1 N–H and O–H groups in total. The first-order chi connectivity index (χ1) is 8.43. The fourth-order valence-electron chi connectivity index (χ4n) is 2.48. The predicted octanol–water partition coefficient (Wildman–Crippen LogP) is 3.65. The maximum absolute atomic E-state index is 3.63. The number of hydrogen-bond acceptors (Lipinski definition) is 1. The summed E-state index contributed by atoms with van der Waals surface area (Å²) in [6.45, 7) is 0.966. The zero-order chi connectivity index (χ0) is 11.5. The van der Waals surface area contributed by atoms with Crippen LogP contribution in [0.25, 0.3) is 10.8 Å². The molecule has 17 heavy (non-hydrogen) atoms. The quantitative estimate of drug-likeness (QED) is 0.783. The Hall–Kier alpha value is -1.60. The van der Waals surface area contributed by atoms with Gasteiger partial charge in [0.15, 0.2) is 0 Å². The monoisotopic (exact) mass is 223 g/mol. The maximum Gasteiger partial charge on any atom is 0.0214 e. The molecule has 0 unspecified atom stereocenters. The van der Waals surface area contributed by atoms with E-state index in [2.05, 4.69) is 59.9 Å². The van der Waals surface area contributed by atoms with Gasteiger partial charge in [0, 0.05) is 12.6 Å². The van der Waals surface area contributed by atoms with E-state index >= 15 is 0 Å². The van der Waals surface area contributed by atoms with Gasteiger partial charge in [0.25, 0.3) is 0 Å². The average Bonchev–Trinajstić information content (AvgIpc) is 2.89. The summed E-state index contributed by atoms with van der Waals surface area (Å²) in [7, 11) is 0. The molecule has 0 saturated heterocycles. The van der Waals surface area contributed by atoms with Crippen molar-refractivity contribution in [1.82, 2.24) is 5.32 Å². The standard InChI is InChI=1S/C16H17N/c1-4-11-16-13(6-1)7-5-8-14(16)12-17-15-9-2-3-10-15/h1-8,11,15,17H,9-10,12H2. The first-order valence-electron chi connectivity index (χ1n) is 6.28. The van der Waals surface area contributed by atoms with Crippen molar-refractivity contribution in [3.8, 4) is 0 Å². The first-order valence-corrected chi connectivity index (χ1v) is 6.28. The van der Waals surface area contributed by atoms with E-state index in [9.17, 15) is 0 Å². The lowest BCUT2D eigenvalue weighted by Gasteiger charge is -2.13. The predicted molar refractivity (Wildman–Crippen MR) is 72.9 cm³/mol. The van der Waals surface area contributed by atoms with Crippen LogP contribution < -0.4 is 5.32 Å². The van der Waals surface area contributed by atoms with Gasteiger partial charge in [0.2, 0.25) is 0 Å². The van der Waals surface area contributed by atoms with E-state index in [0.717, 1.165) is 6.54 Å². The maximum atomic E-state index is 3.63. The minimum absolute atomic E-state index is 0.633. The van der Waals surface area contributed by atoms with Gasteiger partial charge in [-0.05, 0) is 29.2 Å². The summed E-state index contributed by atoms with van der Waals surface area (Å²) in [6, 6.07) is 15.8. The molecule has 0 aliphatic heterocycles. The molecule has 86 valence electrons. The van der Waals surface area contributed by atoms with Gasteiger partial charge in [-0.15, -0.1) is 0 Å². The van der Waals surface area contributed by atoms with Crippen LogP contribution in [0, 0.1) is 0 Å². The lowest BCUT2D eigenvalue weighted by molar-refractivity contribution is 0.540. The van der Waals surface area contributed by atoms with Crippen molar-refractivity contribution in [2.45, 2.75) is 25.4 Å². The fourth-order valence-corrected chi connectivity index (χ4v) is 2.48. The Balaban J connectivity index is 1.80. The van der Waals surface area contributed by atoms with E-state index in [1.54, 1.807) is 0 Å². The molecule has 0 aromatic heterocycles. The highest BCUT2D eigenvalue weighted by molar-refractivity contribution is 5.85. The minimum Gasteiger partial charge on any atom is -0.309 e. The Bertz CT molecular complexity index is 529. The molecule has 0 saturated carbocycles. The lowest BCUT2D eigenvalue weighted by Crippen LogP contribution is -2.25. The van der Waals surface area contributed by atoms with E-state index in [-0.39, 0.29) is 0 Å². The molecule has 0 spiro atoms. The van der Waals surface area contributed by atoms with Gasteiger partial charge in [-0.2, -0.15) is 0 Å². The van der Waals surface area contributed by atoms with Gasteiger partial charge in [-0.25, -0.2) is 0 Å². The number of fused-ring (bicyclic) bond motifs is 1. The van der Waals surface area contributed by atoms with Gasteiger partial charge in [-0.3, -0.25) is 0 Å². The Morgan fingerprint density at radius 1 is 0.941 bits per heavy atom. The van der Waals surface area contributed by atoms with Crippen molar-refractivity contribution in [3.05, 3.63) is 60.2 Å². The lowest BCUT2D eigenvalue weighted by atomic mass is 10.0. The van der Waals surface area contributed by atoms with Crippen molar-refractivity contribution >= 4 is 10.8 Å². The van der Waals surface area contributed by atoms with Gasteiger partial charge >= 0.3 is 0 Å². The van der Waals surface area contributed by atoms with Gasteiger partial charge in [-0.1, -0.05) is 54.6 Å². The van der Waals surface area contributed by atoms with E-state index < -0.39 is 0 Å². The summed E-state index contributed by atoms with van der Waals surface area (Å²) in [5.41, 5.74) is 1.40. The van der Waals surface area contributed by atoms with Crippen molar-refractivity contribution in [3.63, 3.8) is 0 Å². The molecular weight excluding hydrogens is 206 g/mol. The van der Waals surface area contributed by atoms with Crippen LogP contribution in [0.2, 0.25) is 0 Å². The van der Waals surface area contributed by atoms with E-state index in [4.69, 9.17) is 0 Å². The smallest absolute Gasteiger partial charge is 0.0214 e. The van der Waals surface area contributed by atoms with Crippen molar-refractivity contribution in [1.29, 1.82) is 0 Å². The molecule has 0 bridgehead atoms. The summed E-state index contributed by atoms with van der Waals surface area (Å²) in [4.78, 5) is 0. The molecule has 0 amide bonds. The van der Waals surface area contributed by atoms with Crippen LogP contribution in [-0.2, 0) is 6.54 Å². The zero-order valence-corrected chi connectivity index (χ0v) is 9.89. The van der Waals surface area contributed by atoms with Gasteiger partial charge in [0.05, 0.1) is 0 Å². The summed E-state index contributed by atoms with van der Waals surface area (Å²) in [5, 5.41) is 6.33. The zero-order valence-electron chi connectivity index (χ0n) is 9.89. The Kier molecular flexibility index (Phi) is 2.93. The largest absolute Gasteiger partial charge is 0.309 e. The van der Waals surface area contributed by atoms with Gasteiger partial charge < -0.3 is 5.32 Å². The Labute approximate surface area is 102 Å². The van der Waals surface area contributed by atoms with Crippen LogP contribution in [0.5, 0.6) is 0 Å². The van der Waals surface area contributed by atoms with Crippen LogP contribution in [-0.4, -0.2) is 6.04 Å². The summed E-state index contributed by atoms with van der Waals surface area (Å²) < 4.78 is 0. The second-order valence-corrected chi connectivity index (χ2v) is 4.66. The second-order valence-electron chi connectivity index (χ2n) is 4.66. The molecule has 3 rings (SSSR count). The van der Waals surface area contributed by atoms with Crippen LogP contribution in [0.3, 0.4) is 0 Å². The Morgan fingerprint density at radius 3 is 2.59 bits per heavy atom. The van der Waals surface area contributed by atoms with E-state index in [0.29, 0.717) is 6.04 Å². The second kappa shape index (κ2) is 4.72. The third-order valence-electron chi connectivity index (χ3n) is 3.47. The SMILES string of the molecule is C1=CCC(NCc2cccc3ccccc23)C1. The summed E-state index contributed by atoms with van der Waals surface area (Å²) in [6.07, 6.45) is 6.87. The number of benzene rings is 2. The molecule has 2 aromatic carbocycles. The highest BCUT2D eigenvalue weighted by Crippen LogP contribution is 2.19. The highest BCUT2D eigenvalue weighted by atomic mass is 14.9. The van der Waals surface area contributed by atoms with Crippen LogP contribution in [0.1, 0.15) is 18.4 Å². The molecule has 1 aliphatic rings. The van der Waals surface area contributed by atoms with Crippen LogP contribution >= 0.6 is 0 Å². The normalized spacial score (nSPS) is 15.8. The topological polar surface area (TPSA) is 12.0 Å². The van der Waals surface area contributed by atoms with Crippen molar-refractivity contribution in [2.75, 3.05) is 0 Å². The molecule has 0 radical (unpaired) electrons. The molecule has 0 heterocycles.